The molecule has 3 rings (SSSR count). The Kier molecular flexibility index (Phi) is 26.0. The van der Waals surface area contributed by atoms with Gasteiger partial charge in [0.25, 0.3) is 5.91 Å². The van der Waals surface area contributed by atoms with E-state index in [9.17, 15) is 29.2 Å². The average molecular weight is 1010 g/mol. The molecule has 16 heteroatoms. The molecule has 0 bridgehead atoms. The maximum atomic E-state index is 15.0. The Morgan fingerprint density at radius 1 is 0.616 bits per heavy atom. The summed E-state index contributed by atoms with van der Waals surface area (Å²) in [5.41, 5.74) is 1.69. The number of esters is 1. The van der Waals surface area contributed by atoms with E-state index in [-0.39, 0.29) is 68.6 Å². The predicted octanol–water partition coefficient (Wildman–Crippen LogP) is 7.52. The summed E-state index contributed by atoms with van der Waals surface area (Å²) in [4.78, 5) is 106. The zero-order valence-corrected chi connectivity index (χ0v) is 45.9. The van der Waals surface area contributed by atoms with Gasteiger partial charge < -0.3 is 40.1 Å². The Morgan fingerprint density at radius 2 is 1.10 bits per heavy atom. The number of likely N-dealkylation sites (N-methyl/N-ethyl adjacent to an activating group) is 3. The van der Waals surface area contributed by atoms with Crippen molar-refractivity contribution in [3.05, 3.63) is 65.7 Å². The lowest BCUT2D eigenvalue weighted by atomic mass is 9.94. The first kappa shape index (κ1) is 61.3. The number of amides is 6. The number of hydrogen-bond donors (Lipinski definition) is 3. The number of benzene rings is 2. The third-order valence-electron chi connectivity index (χ3n) is 13.8. The van der Waals surface area contributed by atoms with Crippen LogP contribution in [0.3, 0.4) is 0 Å². The maximum Gasteiger partial charge on any atom is 0.329 e. The Bertz CT molecular complexity index is 2130. The molecule has 0 aliphatic carbocycles. The van der Waals surface area contributed by atoms with Gasteiger partial charge in [-0.25, -0.2) is 4.79 Å². The molecular weight excluding hydrogens is 927 g/mol. The highest BCUT2D eigenvalue weighted by Gasteiger charge is 2.40. The third-order valence-corrected chi connectivity index (χ3v) is 13.8. The molecule has 73 heavy (non-hydrogen) atoms. The summed E-state index contributed by atoms with van der Waals surface area (Å²) in [5, 5.41) is 18.4. The molecule has 1 aliphatic rings. The van der Waals surface area contributed by atoms with E-state index in [0.29, 0.717) is 17.9 Å². The van der Waals surface area contributed by atoms with Gasteiger partial charge in [0.15, 0.2) is 6.10 Å². The molecule has 1 saturated heterocycles. The average Bonchev–Trinajstić information content (AvgIpc) is 3.36. The van der Waals surface area contributed by atoms with E-state index in [4.69, 9.17) is 9.47 Å². The molecule has 2 aromatic carbocycles. The molecule has 1 fully saturated rings. The zero-order valence-electron chi connectivity index (χ0n) is 45.9. The first-order valence-electron chi connectivity index (χ1n) is 26.7. The molecule has 16 nitrogen and oxygen atoms in total. The SMILES string of the molecule is CCCC[C@@H](C)C[C@@H]1NC(=O)[C@H](Cc2ccc(OCc3ccccc3)cc2)N(C)C(=O)[C@H](CC(C)C)NC(=O)[C@H](CC(C)C)N(C)C(=O)[C@H](C[C@H](C)CCCC)NC(=O)[C@@H](CCC#N)OC(=O)[C@H](C)N(C)C1=O. The number of nitrogens with one attached hydrogen (secondary N) is 3. The van der Waals surface area contributed by atoms with Crippen LogP contribution in [-0.4, -0.2) is 120 Å². The lowest BCUT2D eigenvalue weighted by molar-refractivity contribution is -0.163. The van der Waals surface area contributed by atoms with Gasteiger partial charge in [0, 0.05) is 40.4 Å². The van der Waals surface area contributed by atoms with Crippen molar-refractivity contribution >= 4 is 41.4 Å². The number of carbonyl (C=O) groups excluding carboxylic acids is 7. The highest BCUT2D eigenvalue weighted by atomic mass is 16.5. The molecule has 0 spiro atoms. The predicted molar refractivity (Wildman–Crippen MR) is 282 cm³/mol. The van der Waals surface area contributed by atoms with Crippen LogP contribution in [0.4, 0.5) is 0 Å². The van der Waals surface area contributed by atoms with Crippen molar-refractivity contribution in [1.82, 2.24) is 30.7 Å². The largest absolute Gasteiger partial charge is 0.489 e. The Balaban J connectivity index is 2.25. The highest BCUT2D eigenvalue weighted by molar-refractivity contribution is 5.97. The van der Waals surface area contributed by atoms with Crippen molar-refractivity contribution in [3.63, 3.8) is 0 Å². The number of nitrogens with zero attached hydrogens (tertiary/aromatic N) is 4. The van der Waals surface area contributed by atoms with E-state index < -0.39 is 83.8 Å². The van der Waals surface area contributed by atoms with Gasteiger partial charge in [-0.05, 0) is 79.5 Å². The van der Waals surface area contributed by atoms with Crippen LogP contribution in [-0.2, 0) is 51.3 Å². The number of hydrogen-bond acceptors (Lipinski definition) is 10. The summed E-state index contributed by atoms with van der Waals surface area (Å²) in [6.07, 6.45) is 4.15. The minimum absolute atomic E-state index is 0.0245. The third kappa shape index (κ3) is 19.8. The number of unbranched alkanes of at least 4 members (excludes halogenated alkanes) is 2. The van der Waals surface area contributed by atoms with Crippen LogP contribution in [0.15, 0.2) is 54.6 Å². The van der Waals surface area contributed by atoms with Gasteiger partial charge in [-0.1, -0.05) is 136 Å². The van der Waals surface area contributed by atoms with Crippen LogP contribution in [0.2, 0.25) is 0 Å². The number of ether oxygens (including phenoxy) is 2. The van der Waals surface area contributed by atoms with Crippen LogP contribution < -0.4 is 20.7 Å². The van der Waals surface area contributed by atoms with Crippen molar-refractivity contribution in [1.29, 1.82) is 5.26 Å². The minimum atomic E-state index is -1.50. The quantitative estimate of drug-likeness (QED) is 0.105. The second kappa shape index (κ2) is 30.9. The monoisotopic (exact) mass is 1010 g/mol. The summed E-state index contributed by atoms with van der Waals surface area (Å²) in [7, 11) is 4.44. The minimum Gasteiger partial charge on any atom is -0.489 e. The van der Waals surface area contributed by atoms with Crippen LogP contribution in [0.25, 0.3) is 0 Å². The summed E-state index contributed by atoms with van der Waals surface area (Å²) in [6.45, 7) is 17.6. The fourth-order valence-corrected chi connectivity index (χ4v) is 9.13. The fourth-order valence-electron chi connectivity index (χ4n) is 9.13. The molecule has 0 aromatic heterocycles. The number of rotatable bonds is 21. The molecule has 0 saturated carbocycles. The standard InChI is InChI=1S/C57H87N7O9/c1-13-15-21-39(7)33-46-54(68)62(10)41(9)57(71)73-50(25-20-30-58)53(67)61-47(34-40(8)22-16-14-2)56(70)63(11)48(32-38(5)6)51(65)59-45(31-37(3)4)55(69)64(12)49(52(66)60-46)35-42-26-28-44(29-27-42)72-36-43-23-18-17-19-24-43/h17-19,23-24,26-29,37-41,45-50H,13-16,20-22,25,31-36H2,1-12H3,(H,59,65)(H,60,66)(H,61,67)/t39-,40-,41+,45+,46+,47+,48+,49+,50-/m1/s1. The van der Waals surface area contributed by atoms with Crippen LogP contribution in [0.1, 0.15) is 150 Å². The normalized spacial score (nSPS) is 23.3. The first-order chi connectivity index (χ1) is 34.6. The highest BCUT2D eigenvalue weighted by Crippen LogP contribution is 2.23. The van der Waals surface area contributed by atoms with Gasteiger partial charge in [-0.3, -0.25) is 28.8 Å². The first-order valence-corrected chi connectivity index (χ1v) is 26.7. The number of cyclic esters (lactones) is 1. The van der Waals surface area contributed by atoms with Crippen LogP contribution >= 0.6 is 0 Å². The molecule has 404 valence electrons. The van der Waals surface area contributed by atoms with Crippen LogP contribution in [0, 0.1) is 35.0 Å². The molecule has 2 aromatic rings. The van der Waals surface area contributed by atoms with Gasteiger partial charge in [0.2, 0.25) is 29.5 Å². The van der Waals surface area contributed by atoms with Crippen molar-refractivity contribution in [3.8, 4) is 11.8 Å². The van der Waals surface area contributed by atoms with Crippen molar-refractivity contribution in [2.75, 3.05) is 21.1 Å². The lowest BCUT2D eigenvalue weighted by Crippen LogP contribution is -2.60. The zero-order chi connectivity index (χ0) is 54.4. The summed E-state index contributed by atoms with van der Waals surface area (Å²) >= 11 is 0. The maximum absolute atomic E-state index is 15.0. The van der Waals surface area contributed by atoms with Crippen molar-refractivity contribution in [2.45, 2.75) is 195 Å². The molecule has 3 N–H and O–H groups in total. The Hall–Kier alpha value is -5.98. The van der Waals surface area contributed by atoms with E-state index in [1.54, 1.807) is 12.1 Å². The molecule has 9 atom stereocenters. The smallest absolute Gasteiger partial charge is 0.329 e. The summed E-state index contributed by atoms with van der Waals surface area (Å²) in [6, 6.07) is 12.0. The van der Waals surface area contributed by atoms with E-state index in [0.717, 1.165) is 44.1 Å². The molecule has 1 heterocycles. The second-order valence-electron chi connectivity index (χ2n) is 21.2. The number of nitriles is 1. The summed E-state index contributed by atoms with van der Waals surface area (Å²) in [5.74, 6) is -4.27. The Labute approximate surface area is 436 Å². The molecule has 0 radical (unpaired) electrons. The lowest BCUT2D eigenvalue weighted by Gasteiger charge is -2.35. The Morgan fingerprint density at radius 3 is 1.60 bits per heavy atom. The van der Waals surface area contributed by atoms with Crippen molar-refractivity contribution in [2.24, 2.45) is 23.7 Å². The van der Waals surface area contributed by atoms with Gasteiger partial charge in [-0.2, -0.15) is 5.26 Å². The van der Waals surface area contributed by atoms with E-state index in [1.165, 1.54) is 42.8 Å². The van der Waals surface area contributed by atoms with E-state index >= 15 is 9.59 Å². The molecule has 0 unspecified atom stereocenters. The topological polar surface area (TPSA) is 208 Å². The van der Waals surface area contributed by atoms with Crippen molar-refractivity contribution < 1.29 is 43.0 Å². The van der Waals surface area contributed by atoms with Gasteiger partial charge in [0.05, 0.1) is 6.07 Å². The van der Waals surface area contributed by atoms with E-state index in [2.05, 4.69) is 29.8 Å². The van der Waals surface area contributed by atoms with E-state index in [1.807, 2.05) is 90.1 Å². The van der Waals surface area contributed by atoms with Gasteiger partial charge in [-0.15, -0.1) is 0 Å². The molecule has 1 aliphatic heterocycles. The number of carbonyl (C=O) groups is 7. The van der Waals surface area contributed by atoms with Gasteiger partial charge >= 0.3 is 5.97 Å². The second-order valence-corrected chi connectivity index (χ2v) is 21.2. The van der Waals surface area contributed by atoms with Crippen LogP contribution in [0.5, 0.6) is 5.75 Å². The van der Waals surface area contributed by atoms with Gasteiger partial charge in [0.1, 0.15) is 48.6 Å². The fraction of sp³-hybridized carbons (Fsp3) is 0.649. The summed E-state index contributed by atoms with van der Waals surface area (Å²) < 4.78 is 11.9. The molecule has 6 amide bonds. The molecular formula is C57H87N7O9.